The van der Waals surface area contributed by atoms with E-state index >= 15 is 0 Å². The minimum atomic E-state index is -0.0667. The topological polar surface area (TPSA) is 41.5 Å². The van der Waals surface area contributed by atoms with Crippen molar-refractivity contribution in [2.24, 2.45) is 10.9 Å². The van der Waals surface area contributed by atoms with Gasteiger partial charge >= 0.3 is 0 Å². The first-order valence-electron chi connectivity index (χ1n) is 7.09. The fraction of sp³-hybridized carbons (Fsp3) is 0.733. The van der Waals surface area contributed by atoms with Gasteiger partial charge in [0, 0.05) is 13.6 Å². The van der Waals surface area contributed by atoms with E-state index in [-0.39, 0.29) is 5.91 Å². The Kier molecular flexibility index (Phi) is 6.69. The lowest BCUT2D eigenvalue weighted by Crippen LogP contribution is -2.29. The summed E-state index contributed by atoms with van der Waals surface area (Å²) in [5.41, 5.74) is 1.82. The molecule has 0 unspecified atom stereocenters. The summed E-state index contributed by atoms with van der Waals surface area (Å²) in [6.07, 6.45) is 9.85. The molecule has 0 aromatic rings. The Hall–Kier alpha value is -1.12. The van der Waals surface area contributed by atoms with Gasteiger partial charge in [0.1, 0.15) is 5.71 Å². The smallest absolute Gasteiger partial charge is 0.269 e. The van der Waals surface area contributed by atoms with Gasteiger partial charge in [-0.25, -0.2) is 0 Å². The molecule has 0 saturated heterocycles. The van der Waals surface area contributed by atoms with E-state index in [1.165, 1.54) is 37.7 Å². The van der Waals surface area contributed by atoms with Gasteiger partial charge in [-0.1, -0.05) is 37.7 Å². The van der Waals surface area contributed by atoms with Crippen molar-refractivity contribution in [2.45, 2.75) is 52.4 Å². The molecule has 0 aliphatic heterocycles. The van der Waals surface area contributed by atoms with Crippen molar-refractivity contribution in [3.8, 4) is 0 Å². The van der Waals surface area contributed by atoms with Crippen LogP contribution >= 0.6 is 0 Å². The van der Waals surface area contributed by atoms with Crippen molar-refractivity contribution in [1.82, 2.24) is 5.32 Å². The lowest BCUT2D eigenvalue weighted by atomic mass is 9.85. The first kappa shape index (κ1) is 14.9. The van der Waals surface area contributed by atoms with Gasteiger partial charge < -0.3 is 5.32 Å². The molecule has 3 nitrogen and oxygen atoms in total. The van der Waals surface area contributed by atoms with Crippen LogP contribution in [0.15, 0.2) is 16.6 Å². The largest absolute Gasteiger partial charge is 0.351 e. The summed E-state index contributed by atoms with van der Waals surface area (Å²) in [5.74, 6) is 0.741. The normalized spacial score (nSPS) is 18.8. The quantitative estimate of drug-likeness (QED) is 0.748. The van der Waals surface area contributed by atoms with Crippen molar-refractivity contribution in [3.63, 3.8) is 0 Å². The van der Waals surface area contributed by atoms with E-state index in [1.54, 1.807) is 7.05 Å². The highest BCUT2D eigenvalue weighted by Gasteiger charge is 2.14. The number of hydrogen-bond donors (Lipinski definition) is 1. The summed E-state index contributed by atoms with van der Waals surface area (Å²) in [5, 5.41) is 2.79. The zero-order valence-electron chi connectivity index (χ0n) is 12.0. The number of rotatable bonds is 5. The molecule has 3 heteroatoms. The second kappa shape index (κ2) is 8.06. The van der Waals surface area contributed by atoms with Gasteiger partial charge in [0.05, 0.1) is 0 Å². The van der Waals surface area contributed by atoms with Gasteiger partial charge in [0.2, 0.25) is 0 Å². The summed E-state index contributed by atoms with van der Waals surface area (Å²) in [7, 11) is 1.68. The molecule has 1 saturated carbocycles. The van der Waals surface area contributed by atoms with Gasteiger partial charge in [-0.15, -0.1) is 0 Å². The van der Waals surface area contributed by atoms with Crippen molar-refractivity contribution in [2.75, 3.05) is 13.6 Å². The van der Waals surface area contributed by atoms with E-state index in [1.807, 2.05) is 13.0 Å². The van der Waals surface area contributed by atoms with Gasteiger partial charge in [0.25, 0.3) is 5.91 Å². The van der Waals surface area contributed by atoms with Crippen LogP contribution in [0.1, 0.15) is 52.4 Å². The number of nitrogens with zero attached hydrogens (tertiary/aromatic N) is 1. The number of nitrogens with one attached hydrogen (secondary N) is 1. The molecule has 0 aromatic carbocycles. The molecule has 1 aliphatic rings. The average Bonchev–Trinajstić information content (AvgIpc) is 2.37. The third-order valence-corrected chi connectivity index (χ3v) is 3.53. The molecule has 18 heavy (non-hydrogen) atoms. The highest BCUT2D eigenvalue weighted by atomic mass is 16.1. The van der Waals surface area contributed by atoms with Crippen molar-refractivity contribution < 1.29 is 4.79 Å². The molecular formula is C15H26N2O. The maximum absolute atomic E-state index is 11.7. The summed E-state index contributed by atoms with van der Waals surface area (Å²) in [6, 6.07) is 0. The van der Waals surface area contributed by atoms with Gasteiger partial charge in [0.15, 0.2) is 0 Å². The standard InChI is InChI=1S/C15H26N2O/c1-4-17-15(18)14(16-3)11-12(2)10-13-8-6-5-7-9-13/h11,13H,4-10H2,1-3H3,(H,17,18). The average molecular weight is 250 g/mol. The molecular weight excluding hydrogens is 224 g/mol. The molecule has 0 bridgehead atoms. The van der Waals surface area contributed by atoms with Crippen molar-refractivity contribution >= 4 is 11.6 Å². The third-order valence-electron chi connectivity index (χ3n) is 3.53. The Morgan fingerprint density at radius 2 is 2.00 bits per heavy atom. The number of carbonyl (C=O) groups excluding carboxylic acids is 1. The molecule has 0 radical (unpaired) electrons. The second-order valence-corrected chi connectivity index (χ2v) is 5.17. The van der Waals surface area contributed by atoms with Crippen LogP contribution in [0.3, 0.4) is 0 Å². The number of aliphatic imine (C=N–C) groups is 1. The zero-order valence-corrected chi connectivity index (χ0v) is 12.0. The Balaban J connectivity index is 2.54. The van der Waals surface area contributed by atoms with Crippen LogP contribution in [0.2, 0.25) is 0 Å². The maximum atomic E-state index is 11.7. The lowest BCUT2D eigenvalue weighted by molar-refractivity contribution is -0.114. The number of allylic oxidation sites excluding steroid dienone is 1. The van der Waals surface area contributed by atoms with E-state index in [2.05, 4.69) is 17.2 Å². The van der Waals surface area contributed by atoms with E-state index in [0.29, 0.717) is 12.3 Å². The summed E-state index contributed by atoms with van der Waals surface area (Å²) < 4.78 is 0. The van der Waals surface area contributed by atoms with Crippen LogP contribution in [-0.2, 0) is 4.79 Å². The van der Waals surface area contributed by atoms with Gasteiger partial charge in [-0.2, -0.15) is 0 Å². The highest BCUT2D eigenvalue weighted by molar-refractivity contribution is 6.43. The third kappa shape index (κ3) is 5.03. The lowest BCUT2D eigenvalue weighted by Gasteiger charge is -2.21. The molecule has 0 spiro atoms. The monoisotopic (exact) mass is 250 g/mol. The SMILES string of the molecule is CCNC(=O)C(C=C(C)CC1CCCCC1)=NC. The fourth-order valence-electron chi connectivity index (χ4n) is 2.62. The second-order valence-electron chi connectivity index (χ2n) is 5.17. The van der Waals surface area contributed by atoms with E-state index in [4.69, 9.17) is 0 Å². The molecule has 1 amide bonds. The minimum Gasteiger partial charge on any atom is -0.351 e. The number of carbonyl (C=O) groups is 1. The van der Waals surface area contributed by atoms with Crippen molar-refractivity contribution in [1.29, 1.82) is 0 Å². The Morgan fingerprint density at radius 1 is 1.33 bits per heavy atom. The molecule has 1 rings (SSSR count). The highest BCUT2D eigenvalue weighted by Crippen LogP contribution is 2.28. The zero-order chi connectivity index (χ0) is 13.4. The minimum absolute atomic E-state index is 0.0667. The van der Waals surface area contributed by atoms with Crippen LogP contribution in [-0.4, -0.2) is 25.2 Å². The number of amides is 1. The Bertz CT molecular complexity index is 325. The first-order chi connectivity index (χ1) is 8.67. The number of hydrogen-bond acceptors (Lipinski definition) is 2. The van der Waals surface area contributed by atoms with E-state index in [0.717, 1.165) is 12.3 Å². The van der Waals surface area contributed by atoms with Crippen LogP contribution in [0, 0.1) is 5.92 Å². The van der Waals surface area contributed by atoms with E-state index in [9.17, 15) is 4.79 Å². The van der Waals surface area contributed by atoms with Crippen LogP contribution in [0.4, 0.5) is 0 Å². The molecule has 102 valence electrons. The predicted octanol–water partition coefficient (Wildman–Crippen LogP) is 3.11. The van der Waals surface area contributed by atoms with Crippen molar-refractivity contribution in [3.05, 3.63) is 11.6 Å². The summed E-state index contributed by atoms with van der Waals surface area (Å²) in [6.45, 7) is 4.68. The Labute approximate surface area is 111 Å². The molecule has 0 heterocycles. The van der Waals surface area contributed by atoms with E-state index < -0.39 is 0 Å². The summed E-state index contributed by atoms with van der Waals surface area (Å²) in [4.78, 5) is 15.8. The summed E-state index contributed by atoms with van der Waals surface area (Å²) >= 11 is 0. The molecule has 1 fully saturated rings. The fourth-order valence-corrected chi connectivity index (χ4v) is 2.62. The van der Waals surface area contributed by atoms with Crippen LogP contribution in [0.25, 0.3) is 0 Å². The Morgan fingerprint density at radius 3 is 2.56 bits per heavy atom. The first-order valence-corrected chi connectivity index (χ1v) is 7.09. The maximum Gasteiger partial charge on any atom is 0.269 e. The molecule has 0 aromatic heterocycles. The van der Waals surface area contributed by atoms with Gasteiger partial charge in [-0.3, -0.25) is 9.79 Å². The molecule has 1 N–H and O–H groups in total. The van der Waals surface area contributed by atoms with Crippen LogP contribution in [0.5, 0.6) is 0 Å². The van der Waals surface area contributed by atoms with Gasteiger partial charge in [-0.05, 0) is 32.3 Å². The predicted molar refractivity (Wildman–Crippen MR) is 77.0 cm³/mol. The molecule has 1 aliphatic carbocycles. The molecule has 0 atom stereocenters. The van der Waals surface area contributed by atoms with Crippen LogP contribution < -0.4 is 5.32 Å².